The molecule has 1 aromatic rings. The zero-order valence-electron chi connectivity index (χ0n) is 10.1. The molecule has 1 heterocycles. The van der Waals surface area contributed by atoms with Crippen LogP contribution in [0.5, 0.6) is 5.75 Å². The fraction of sp³-hybridized carbons (Fsp3) is 0.462. The number of rotatable bonds is 4. The van der Waals surface area contributed by atoms with E-state index in [9.17, 15) is 0 Å². The van der Waals surface area contributed by atoms with Gasteiger partial charge < -0.3 is 15.2 Å². The van der Waals surface area contributed by atoms with E-state index in [1.54, 1.807) is 6.07 Å². The number of amidine groups is 1. The maximum atomic E-state index is 7.40. The van der Waals surface area contributed by atoms with E-state index in [0.29, 0.717) is 12.2 Å². The highest BCUT2D eigenvalue weighted by Crippen LogP contribution is 2.23. The van der Waals surface area contributed by atoms with Crippen molar-refractivity contribution in [1.29, 1.82) is 5.41 Å². The summed E-state index contributed by atoms with van der Waals surface area (Å²) in [6.45, 7) is 1.41. The summed E-state index contributed by atoms with van der Waals surface area (Å²) < 4.78 is 12.1. The molecule has 1 atom stereocenters. The summed E-state index contributed by atoms with van der Waals surface area (Å²) in [4.78, 5) is 0. The minimum atomic E-state index is 0.0454. The quantitative estimate of drug-likeness (QED) is 0.663. The molecule has 1 unspecified atom stereocenters. The van der Waals surface area contributed by atoms with Crippen molar-refractivity contribution < 1.29 is 9.47 Å². The Bertz CT molecular complexity index is 431. The monoisotopic (exact) mass is 312 g/mol. The molecule has 0 aromatic heterocycles. The van der Waals surface area contributed by atoms with Crippen LogP contribution in [-0.4, -0.2) is 25.2 Å². The number of hydrogen-bond acceptors (Lipinski definition) is 3. The standard InChI is InChI=1S/C13H17BrN2O2/c14-12-7-9(4-5-11(12)13(15)16)18-8-10-3-1-2-6-17-10/h4-5,7,10H,1-3,6,8H2,(H3,15,16). The SMILES string of the molecule is N=C(N)c1ccc(OCC2CCCCO2)cc1Br. The van der Waals surface area contributed by atoms with Crippen molar-refractivity contribution in [3.8, 4) is 5.75 Å². The number of hydrogen-bond donors (Lipinski definition) is 2. The van der Waals surface area contributed by atoms with Gasteiger partial charge in [0.15, 0.2) is 0 Å². The largest absolute Gasteiger partial charge is 0.491 e. The Balaban J connectivity index is 1.93. The highest BCUT2D eigenvalue weighted by atomic mass is 79.9. The molecule has 1 aliphatic heterocycles. The first-order chi connectivity index (χ1) is 8.66. The molecule has 0 amide bonds. The first kappa shape index (κ1) is 13.4. The third kappa shape index (κ3) is 3.46. The van der Waals surface area contributed by atoms with E-state index in [1.165, 1.54) is 6.42 Å². The van der Waals surface area contributed by atoms with Gasteiger partial charge >= 0.3 is 0 Å². The highest BCUT2D eigenvalue weighted by molar-refractivity contribution is 9.10. The number of benzene rings is 1. The molecule has 1 fully saturated rings. The molecule has 1 saturated heterocycles. The lowest BCUT2D eigenvalue weighted by Crippen LogP contribution is -2.25. The Morgan fingerprint density at radius 1 is 1.50 bits per heavy atom. The van der Waals surface area contributed by atoms with E-state index in [4.69, 9.17) is 20.6 Å². The molecule has 0 bridgehead atoms. The van der Waals surface area contributed by atoms with Crippen LogP contribution in [0, 0.1) is 5.41 Å². The van der Waals surface area contributed by atoms with Gasteiger partial charge in [0.2, 0.25) is 0 Å². The lowest BCUT2D eigenvalue weighted by atomic mass is 10.1. The fourth-order valence-corrected chi connectivity index (χ4v) is 2.50. The Morgan fingerprint density at radius 2 is 2.33 bits per heavy atom. The molecule has 1 aromatic carbocycles. The Kier molecular flexibility index (Phi) is 4.60. The first-order valence-corrected chi connectivity index (χ1v) is 6.84. The Labute approximate surface area is 115 Å². The van der Waals surface area contributed by atoms with Gasteiger partial charge in [-0.05, 0) is 53.4 Å². The summed E-state index contributed by atoms with van der Waals surface area (Å²) in [7, 11) is 0. The summed E-state index contributed by atoms with van der Waals surface area (Å²) in [6.07, 6.45) is 3.62. The fourth-order valence-electron chi connectivity index (χ4n) is 1.93. The van der Waals surface area contributed by atoms with E-state index in [-0.39, 0.29) is 11.9 Å². The minimum Gasteiger partial charge on any atom is -0.491 e. The van der Waals surface area contributed by atoms with Crippen LogP contribution >= 0.6 is 15.9 Å². The van der Waals surface area contributed by atoms with Crippen LogP contribution in [0.15, 0.2) is 22.7 Å². The van der Waals surface area contributed by atoms with Crippen molar-refractivity contribution in [2.24, 2.45) is 5.73 Å². The molecule has 98 valence electrons. The van der Waals surface area contributed by atoms with Crippen molar-refractivity contribution in [1.82, 2.24) is 0 Å². The van der Waals surface area contributed by atoms with Crippen molar-refractivity contribution >= 4 is 21.8 Å². The van der Waals surface area contributed by atoms with Crippen LogP contribution in [0.1, 0.15) is 24.8 Å². The zero-order valence-corrected chi connectivity index (χ0v) is 11.7. The molecular formula is C13H17BrN2O2. The van der Waals surface area contributed by atoms with Gasteiger partial charge in [0.1, 0.15) is 18.2 Å². The van der Waals surface area contributed by atoms with Gasteiger partial charge in [-0.3, -0.25) is 5.41 Å². The Hall–Kier alpha value is -1.07. The van der Waals surface area contributed by atoms with Crippen LogP contribution in [0.2, 0.25) is 0 Å². The summed E-state index contributed by atoms with van der Waals surface area (Å²) >= 11 is 3.38. The number of ether oxygens (including phenoxy) is 2. The van der Waals surface area contributed by atoms with Crippen LogP contribution in [-0.2, 0) is 4.74 Å². The minimum absolute atomic E-state index is 0.0454. The third-order valence-electron chi connectivity index (χ3n) is 2.94. The summed E-state index contributed by atoms with van der Waals surface area (Å²) in [5.41, 5.74) is 6.13. The van der Waals surface area contributed by atoms with Gasteiger partial charge in [0.25, 0.3) is 0 Å². The molecule has 1 aliphatic rings. The predicted molar refractivity (Wildman–Crippen MR) is 74.2 cm³/mol. The maximum absolute atomic E-state index is 7.40. The van der Waals surface area contributed by atoms with Crippen LogP contribution < -0.4 is 10.5 Å². The average molecular weight is 313 g/mol. The number of nitrogens with two attached hydrogens (primary N) is 1. The van der Waals surface area contributed by atoms with E-state index >= 15 is 0 Å². The Morgan fingerprint density at radius 3 is 2.94 bits per heavy atom. The molecule has 0 aliphatic carbocycles. The van der Waals surface area contributed by atoms with E-state index < -0.39 is 0 Å². The first-order valence-electron chi connectivity index (χ1n) is 6.05. The maximum Gasteiger partial charge on any atom is 0.123 e. The van der Waals surface area contributed by atoms with Crippen molar-refractivity contribution in [2.45, 2.75) is 25.4 Å². The van der Waals surface area contributed by atoms with Crippen molar-refractivity contribution in [2.75, 3.05) is 13.2 Å². The van der Waals surface area contributed by atoms with E-state index in [1.807, 2.05) is 12.1 Å². The lowest BCUT2D eigenvalue weighted by Gasteiger charge is -2.22. The molecule has 0 saturated carbocycles. The summed E-state index contributed by atoms with van der Waals surface area (Å²) in [6, 6.07) is 5.44. The van der Waals surface area contributed by atoms with Crippen molar-refractivity contribution in [3.63, 3.8) is 0 Å². The molecule has 5 heteroatoms. The van der Waals surface area contributed by atoms with Gasteiger partial charge in [-0.15, -0.1) is 0 Å². The molecule has 2 rings (SSSR count). The molecular weight excluding hydrogens is 296 g/mol. The lowest BCUT2D eigenvalue weighted by molar-refractivity contribution is -0.0110. The summed E-state index contributed by atoms with van der Waals surface area (Å²) in [5, 5.41) is 7.40. The number of nitrogen functional groups attached to an aromatic ring is 1. The average Bonchev–Trinajstić information content (AvgIpc) is 2.37. The van der Waals surface area contributed by atoms with Gasteiger partial charge in [-0.1, -0.05) is 0 Å². The van der Waals surface area contributed by atoms with Crippen LogP contribution in [0.25, 0.3) is 0 Å². The normalized spacial score (nSPS) is 19.5. The van der Waals surface area contributed by atoms with E-state index in [0.717, 1.165) is 29.7 Å². The third-order valence-corrected chi connectivity index (χ3v) is 3.60. The van der Waals surface area contributed by atoms with E-state index in [2.05, 4.69) is 15.9 Å². The topological polar surface area (TPSA) is 68.3 Å². The number of halogens is 1. The second-order valence-corrected chi connectivity index (χ2v) is 5.21. The van der Waals surface area contributed by atoms with Crippen molar-refractivity contribution in [3.05, 3.63) is 28.2 Å². The van der Waals surface area contributed by atoms with Gasteiger partial charge in [-0.25, -0.2) is 0 Å². The van der Waals surface area contributed by atoms with Gasteiger partial charge in [-0.2, -0.15) is 0 Å². The molecule has 4 nitrogen and oxygen atoms in total. The molecule has 0 radical (unpaired) electrons. The second kappa shape index (κ2) is 6.20. The molecule has 18 heavy (non-hydrogen) atoms. The highest BCUT2D eigenvalue weighted by Gasteiger charge is 2.14. The molecule has 0 spiro atoms. The van der Waals surface area contributed by atoms with Gasteiger partial charge in [0.05, 0.1) is 6.10 Å². The summed E-state index contributed by atoms with van der Waals surface area (Å²) in [5.74, 6) is 0.810. The van der Waals surface area contributed by atoms with Gasteiger partial charge in [0, 0.05) is 16.6 Å². The van der Waals surface area contributed by atoms with Crippen LogP contribution in [0.4, 0.5) is 0 Å². The second-order valence-electron chi connectivity index (χ2n) is 4.35. The zero-order chi connectivity index (χ0) is 13.0. The molecule has 3 N–H and O–H groups in total. The van der Waals surface area contributed by atoms with Crippen LogP contribution in [0.3, 0.4) is 0 Å². The smallest absolute Gasteiger partial charge is 0.123 e. The predicted octanol–water partition coefficient (Wildman–Crippen LogP) is 2.68. The number of nitrogens with one attached hydrogen (secondary N) is 1.